The number of nitrogens with zero attached hydrogens (tertiary/aromatic N) is 1. The zero-order valence-corrected chi connectivity index (χ0v) is 19.5. The van der Waals surface area contributed by atoms with Crippen LogP contribution in [-0.2, 0) is 21.0 Å². The molecule has 1 atom stereocenters. The Balaban J connectivity index is 1.83. The summed E-state index contributed by atoms with van der Waals surface area (Å²) in [5.41, 5.74) is 2.16. The van der Waals surface area contributed by atoms with Crippen molar-refractivity contribution in [1.82, 2.24) is 10.3 Å². The van der Waals surface area contributed by atoms with Crippen molar-refractivity contribution < 1.29 is 23.1 Å². The molecule has 10 heteroatoms. The van der Waals surface area contributed by atoms with Gasteiger partial charge in [0.1, 0.15) is 5.37 Å². The van der Waals surface area contributed by atoms with Crippen LogP contribution in [0.5, 0.6) is 0 Å². The first kappa shape index (κ1) is 23.4. The topological polar surface area (TPSA) is 118 Å². The van der Waals surface area contributed by atoms with Gasteiger partial charge in [-0.1, -0.05) is 31.0 Å². The third kappa shape index (κ3) is 4.96. The lowest BCUT2D eigenvalue weighted by Gasteiger charge is -2.24. The van der Waals surface area contributed by atoms with Gasteiger partial charge in [-0.2, -0.15) is 0 Å². The predicted molar refractivity (Wildman–Crippen MR) is 127 cm³/mol. The van der Waals surface area contributed by atoms with Crippen molar-refractivity contribution in [2.45, 2.75) is 30.2 Å². The van der Waals surface area contributed by atoms with Gasteiger partial charge in [0.25, 0.3) is 0 Å². The van der Waals surface area contributed by atoms with Crippen LogP contribution < -0.4 is 10.6 Å². The molecule has 4 rings (SSSR count). The number of aromatic nitrogens is 1. The van der Waals surface area contributed by atoms with Gasteiger partial charge in [0, 0.05) is 17.0 Å². The Labute approximate surface area is 196 Å². The first-order chi connectivity index (χ1) is 15.8. The molecule has 0 radical (unpaired) electrons. The molecule has 0 spiro atoms. The molecule has 2 heterocycles. The normalized spacial score (nSPS) is 16.6. The monoisotopic (exact) mass is 489 g/mol. The van der Waals surface area contributed by atoms with E-state index in [-0.39, 0.29) is 17.2 Å². The van der Waals surface area contributed by atoms with E-state index in [2.05, 4.69) is 15.6 Å². The van der Waals surface area contributed by atoms with Gasteiger partial charge < -0.3 is 15.2 Å². The van der Waals surface area contributed by atoms with E-state index in [4.69, 9.17) is 16.3 Å². The van der Waals surface area contributed by atoms with E-state index in [0.717, 1.165) is 18.4 Å². The molecule has 0 saturated carbocycles. The van der Waals surface area contributed by atoms with Gasteiger partial charge in [0.15, 0.2) is 5.03 Å². The Kier molecular flexibility index (Phi) is 6.85. The lowest BCUT2D eigenvalue weighted by atomic mass is 10.0. The van der Waals surface area contributed by atoms with E-state index in [9.17, 15) is 18.3 Å². The Morgan fingerprint density at radius 3 is 2.76 bits per heavy atom. The summed E-state index contributed by atoms with van der Waals surface area (Å²) in [6.07, 6.45) is 1.65. The number of aromatic carboxylic acids is 1. The number of nitrogens with one attached hydrogen (secondary N) is 2. The van der Waals surface area contributed by atoms with E-state index in [0.29, 0.717) is 40.5 Å². The average Bonchev–Trinajstić information content (AvgIpc) is 2.80. The number of hydrogen-bond donors (Lipinski definition) is 3. The van der Waals surface area contributed by atoms with Crippen molar-refractivity contribution >= 4 is 49.7 Å². The minimum atomic E-state index is -3.86. The second kappa shape index (κ2) is 9.64. The average molecular weight is 490 g/mol. The number of halogens is 1. The van der Waals surface area contributed by atoms with Gasteiger partial charge >= 0.3 is 5.97 Å². The van der Waals surface area contributed by atoms with Crippen molar-refractivity contribution in [2.24, 2.45) is 0 Å². The summed E-state index contributed by atoms with van der Waals surface area (Å²) in [6.45, 7) is 2.90. The van der Waals surface area contributed by atoms with Crippen LogP contribution in [0.1, 0.15) is 29.3 Å². The molecule has 1 aliphatic rings. The standard InChI is InChI=1S/C23H24ClN3O5S/c1-2-3-14-4-6-19(17(10-14)23(28)29)26-20-12-21(27-18-7-5-15(24)11-16(18)20)33(30,31)22-13-32-9-8-25-22/h4-7,10-12,22,25H,2-3,8-9,13H2,1H3,(H,26,27)(H,28,29). The zero-order chi connectivity index (χ0) is 23.6. The quantitative estimate of drug-likeness (QED) is 0.455. The van der Waals surface area contributed by atoms with Crippen LogP contribution in [0.4, 0.5) is 11.4 Å². The van der Waals surface area contributed by atoms with Crippen LogP contribution in [0.25, 0.3) is 10.9 Å². The highest BCUT2D eigenvalue weighted by Gasteiger charge is 2.31. The molecular weight excluding hydrogens is 466 g/mol. The summed E-state index contributed by atoms with van der Waals surface area (Å²) < 4.78 is 31.8. The van der Waals surface area contributed by atoms with E-state index < -0.39 is 21.2 Å². The molecule has 0 amide bonds. The maximum Gasteiger partial charge on any atom is 0.337 e. The lowest BCUT2D eigenvalue weighted by molar-refractivity contribution is 0.0698. The number of benzene rings is 2. The van der Waals surface area contributed by atoms with E-state index in [1.165, 1.54) is 6.07 Å². The molecule has 8 nitrogen and oxygen atoms in total. The molecule has 0 bridgehead atoms. The second-order valence-electron chi connectivity index (χ2n) is 7.79. The van der Waals surface area contributed by atoms with E-state index in [1.54, 1.807) is 30.3 Å². The summed E-state index contributed by atoms with van der Waals surface area (Å²) in [7, 11) is -3.86. The molecule has 2 aromatic carbocycles. The number of fused-ring (bicyclic) bond motifs is 1. The molecule has 1 fully saturated rings. The third-order valence-corrected chi connectivity index (χ3v) is 7.50. The summed E-state index contributed by atoms with van der Waals surface area (Å²) in [5.74, 6) is -1.08. The zero-order valence-electron chi connectivity index (χ0n) is 18.0. The van der Waals surface area contributed by atoms with Crippen LogP contribution in [0.15, 0.2) is 47.5 Å². The Hall–Kier alpha value is -2.72. The highest BCUT2D eigenvalue weighted by atomic mass is 35.5. The SMILES string of the molecule is CCCc1ccc(Nc2cc(S(=O)(=O)C3COCCN3)nc3ccc(Cl)cc23)c(C(=O)O)c1. The third-order valence-electron chi connectivity index (χ3n) is 5.42. The number of sulfone groups is 1. The van der Waals surface area contributed by atoms with Crippen molar-refractivity contribution in [2.75, 3.05) is 25.1 Å². The smallest absolute Gasteiger partial charge is 0.337 e. The molecule has 0 aliphatic carbocycles. The van der Waals surface area contributed by atoms with E-state index in [1.807, 2.05) is 13.0 Å². The highest BCUT2D eigenvalue weighted by Crippen LogP contribution is 2.32. The first-order valence-electron chi connectivity index (χ1n) is 10.6. The maximum atomic E-state index is 13.2. The van der Waals surface area contributed by atoms with Crippen molar-refractivity contribution in [3.63, 3.8) is 0 Å². The van der Waals surface area contributed by atoms with Crippen LogP contribution in [0.2, 0.25) is 5.02 Å². The number of aryl methyl sites for hydroxylation is 1. The molecule has 174 valence electrons. The van der Waals surface area contributed by atoms with Gasteiger partial charge in [-0.3, -0.25) is 5.32 Å². The number of carbonyl (C=O) groups is 1. The van der Waals surface area contributed by atoms with Gasteiger partial charge in [-0.15, -0.1) is 0 Å². The molecule has 1 aromatic heterocycles. The fourth-order valence-electron chi connectivity index (χ4n) is 3.78. The van der Waals surface area contributed by atoms with Crippen LogP contribution in [-0.4, -0.2) is 49.6 Å². The number of anilines is 2. The van der Waals surface area contributed by atoms with Crippen molar-refractivity contribution in [3.05, 3.63) is 58.6 Å². The van der Waals surface area contributed by atoms with Gasteiger partial charge in [-0.05, 0) is 48.4 Å². The molecule has 1 unspecified atom stereocenters. The molecule has 3 N–H and O–H groups in total. The number of rotatable bonds is 7. The molecular formula is C23H24ClN3O5S. The molecule has 33 heavy (non-hydrogen) atoms. The minimum absolute atomic E-state index is 0.0213. The van der Waals surface area contributed by atoms with Gasteiger partial charge in [0.2, 0.25) is 9.84 Å². The Morgan fingerprint density at radius 2 is 2.06 bits per heavy atom. The number of ether oxygens (including phenoxy) is 1. The van der Waals surface area contributed by atoms with Crippen LogP contribution in [0.3, 0.4) is 0 Å². The summed E-state index contributed by atoms with van der Waals surface area (Å²) in [5, 5.41) is 15.8. The van der Waals surface area contributed by atoms with Crippen LogP contribution in [0, 0.1) is 0 Å². The number of pyridine rings is 1. The van der Waals surface area contributed by atoms with Gasteiger partial charge in [0.05, 0.1) is 35.7 Å². The van der Waals surface area contributed by atoms with Crippen molar-refractivity contribution in [3.8, 4) is 0 Å². The largest absolute Gasteiger partial charge is 0.478 e. The number of morpholine rings is 1. The van der Waals surface area contributed by atoms with Gasteiger partial charge in [-0.25, -0.2) is 18.2 Å². The predicted octanol–water partition coefficient (Wildman–Crippen LogP) is 4.00. The number of carboxylic acid groups (broad SMARTS) is 1. The fraction of sp³-hybridized carbons (Fsp3) is 0.304. The fourth-order valence-corrected chi connectivity index (χ4v) is 5.36. The van der Waals surface area contributed by atoms with Crippen molar-refractivity contribution in [1.29, 1.82) is 0 Å². The lowest BCUT2D eigenvalue weighted by Crippen LogP contribution is -2.46. The van der Waals surface area contributed by atoms with Crippen LogP contribution >= 0.6 is 11.6 Å². The minimum Gasteiger partial charge on any atom is -0.478 e. The molecule has 1 saturated heterocycles. The number of carboxylic acids is 1. The van der Waals surface area contributed by atoms with E-state index >= 15 is 0 Å². The Bertz CT molecular complexity index is 1310. The highest BCUT2D eigenvalue weighted by molar-refractivity contribution is 7.92. The summed E-state index contributed by atoms with van der Waals surface area (Å²) in [6, 6.07) is 11.5. The summed E-state index contributed by atoms with van der Waals surface area (Å²) >= 11 is 6.19. The maximum absolute atomic E-state index is 13.2. The molecule has 1 aliphatic heterocycles. The first-order valence-corrected chi connectivity index (χ1v) is 12.5. The Morgan fingerprint density at radius 1 is 1.24 bits per heavy atom. The number of hydrogen-bond acceptors (Lipinski definition) is 7. The summed E-state index contributed by atoms with van der Waals surface area (Å²) in [4.78, 5) is 16.3. The molecule has 3 aromatic rings. The second-order valence-corrected chi connectivity index (χ2v) is 10.3.